The molecule has 11 heterocycles. The van der Waals surface area contributed by atoms with Gasteiger partial charge in [0, 0.05) is 86.0 Å². The number of piperidine rings is 3. The van der Waals surface area contributed by atoms with Gasteiger partial charge < -0.3 is 24.4 Å². The smallest absolute Gasteiger partial charge is 0.420 e. The van der Waals surface area contributed by atoms with Gasteiger partial charge in [0.05, 0.1) is 35.2 Å². The summed E-state index contributed by atoms with van der Waals surface area (Å²) < 4.78 is 102. The molecule has 0 aromatic carbocycles. The predicted octanol–water partition coefficient (Wildman–Crippen LogP) is 13.8. The van der Waals surface area contributed by atoms with Crippen LogP contribution in [0.4, 0.5) is 30.7 Å². The van der Waals surface area contributed by atoms with Gasteiger partial charge in [0.15, 0.2) is 11.3 Å². The highest BCUT2D eigenvalue weighted by molar-refractivity contribution is 6.33. The monoisotopic (exact) mass is 1140 g/mol. The van der Waals surface area contributed by atoms with E-state index in [1.165, 1.54) is 66.2 Å². The number of amides is 1. The number of halogens is 9. The molecular weight excluding hydrogens is 1070 g/mol. The van der Waals surface area contributed by atoms with Crippen LogP contribution in [0, 0.1) is 23.3 Å². The lowest BCUT2D eigenvalue weighted by Crippen LogP contribution is -2.38. The molecule has 21 heteroatoms. The van der Waals surface area contributed by atoms with Crippen molar-refractivity contribution in [1.29, 1.82) is 0 Å². The van der Waals surface area contributed by atoms with E-state index in [2.05, 4.69) is 60.2 Å². The fourth-order valence-corrected chi connectivity index (χ4v) is 9.89. The van der Waals surface area contributed by atoms with Gasteiger partial charge in [-0.3, -0.25) is 29.1 Å². The van der Waals surface area contributed by atoms with Gasteiger partial charge in [0.25, 0.3) is 5.91 Å². The number of carbonyl (C=O) groups is 1. The number of pyridine rings is 5. The van der Waals surface area contributed by atoms with Crippen LogP contribution in [0.5, 0.6) is 0 Å². The minimum Gasteiger partial charge on any atom is -0.472 e. The molecule has 0 atom stereocenters. The standard InChI is InChI=1S/C23H17ClF4N4O2.C11H15FN2.C11H13FN2.C10H13FN2.3CH4.ClH/c24-20-19(22(33)31-7-3-13(4-8-31)18-17(25)2-1-6-29-18)30-21-16(23(26,27)28)10-15(11-32(20)21)14-5-9-34-12-14;2*1-14-7-4-9(5-8-14)11-10(12)3-2-6-13-11;11-9-2-1-5-13-10(9)8-3-6-12-7-4-8;;;;/h1-2,5-6,9-13H,3-4,7-8H2;2-3,6,9H,4-5,7-8H2,1H3;2-4,6H,5,7-8H2,1H3;1-2,5,8,12H,3-4,6-7H2;3*1H4;1H. The number of rotatable bonds is 6. The lowest BCUT2D eigenvalue weighted by Gasteiger charge is -2.31. The molecule has 79 heavy (non-hydrogen) atoms. The Hall–Kier alpha value is -6.25. The Morgan fingerprint density at radius 2 is 1.18 bits per heavy atom. The SMILES string of the molecule is C.C.C.CN1CC=C(c2ncccc2F)CC1.CN1CCC(c2ncccc2F)CC1.Cl.Fc1cccnc1C1CCNCC1.O=C(c1nc2c(C(F)(F)F)cc(-c3ccoc3)cn2c1Cl)N1CCC(c2ncccc2F)CC1. The molecule has 1 N–H and O–H groups in total. The molecule has 0 radical (unpaired) electrons. The molecule has 4 aliphatic rings. The number of likely N-dealkylation sites (N-methyl/N-ethyl adjacent to an activating group) is 1. The molecule has 11 rings (SSSR count). The second-order valence-electron chi connectivity index (χ2n) is 19.0. The van der Waals surface area contributed by atoms with Crippen molar-refractivity contribution in [2.24, 2.45) is 0 Å². The number of nitrogens with zero attached hydrogens (tertiary/aromatic N) is 9. The van der Waals surface area contributed by atoms with Crippen LogP contribution in [-0.4, -0.2) is 116 Å². The summed E-state index contributed by atoms with van der Waals surface area (Å²) in [6.45, 7) is 6.43. The molecule has 0 saturated carbocycles. The van der Waals surface area contributed by atoms with Gasteiger partial charge in [0.1, 0.15) is 34.1 Å². The number of nitrogens with one attached hydrogen (secondary N) is 1. The number of aromatic nitrogens is 6. The van der Waals surface area contributed by atoms with Crippen LogP contribution in [0.15, 0.2) is 115 Å². The first kappa shape index (κ1) is 65.3. The second kappa shape index (κ2) is 30.4. The molecule has 0 unspecified atom stereocenters. The molecule has 3 saturated heterocycles. The zero-order chi connectivity index (χ0) is 53.1. The molecule has 0 bridgehead atoms. The summed E-state index contributed by atoms with van der Waals surface area (Å²) in [6, 6.07) is 14.7. The maximum atomic E-state index is 14.1. The Labute approximate surface area is 470 Å². The Morgan fingerprint density at radius 1 is 0.671 bits per heavy atom. The van der Waals surface area contributed by atoms with Crippen LogP contribution in [0.2, 0.25) is 5.15 Å². The lowest BCUT2D eigenvalue weighted by molar-refractivity contribution is -0.136. The molecule has 1 amide bonds. The molecule has 12 nitrogen and oxygen atoms in total. The van der Waals surface area contributed by atoms with Gasteiger partial charge in [-0.2, -0.15) is 13.2 Å². The van der Waals surface area contributed by atoms with E-state index >= 15 is 0 Å². The Morgan fingerprint density at radius 3 is 1.65 bits per heavy atom. The van der Waals surface area contributed by atoms with Gasteiger partial charge >= 0.3 is 6.18 Å². The van der Waals surface area contributed by atoms with E-state index in [0.29, 0.717) is 53.0 Å². The maximum absolute atomic E-state index is 14.1. The maximum Gasteiger partial charge on any atom is 0.420 e. The number of hydrogen-bond acceptors (Lipinski definition) is 10. The third-order valence-electron chi connectivity index (χ3n) is 13.9. The molecule has 3 fully saturated rings. The molecule has 7 aromatic rings. The molecular formula is C58H71Cl2F7N10O2. The molecule has 428 valence electrons. The summed E-state index contributed by atoms with van der Waals surface area (Å²) in [5.41, 5.74) is 2.08. The summed E-state index contributed by atoms with van der Waals surface area (Å²) in [5.74, 6) is -1.04. The van der Waals surface area contributed by atoms with Crippen molar-refractivity contribution in [1.82, 2.24) is 49.3 Å². The summed E-state index contributed by atoms with van der Waals surface area (Å²) in [7, 11) is 4.16. The zero-order valence-electron chi connectivity index (χ0n) is 42.0. The number of alkyl halides is 3. The fraction of sp³-hybridized carbons (Fsp3) is 0.414. The first-order chi connectivity index (χ1) is 36.2. The number of likely N-dealkylation sites (tertiary alicyclic amines) is 2. The number of carbonyl (C=O) groups excluding carboxylic acids is 1. The fourth-order valence-electron chi connectivity index (χ4n) is 9.63. The minimum atomic E-state index is -4.72. The molecule has 4 aliphatic heterocycles. The van der Waals surface area contributed by atoms with Crippen molar-refractivity contribution in [3.63, 3.8) is 0 Å². The van der Waals surface area contributed by atoms with E-state index in [0.717, 1.165) is 87.4 Å². The average molecular weight is 1140 g/mol. The van der Waals surface area contributed by atoms with E-state index in [4.69, 9.17) is 16.0 Å². The lowest BCUT2D eigenvalue weighted by atomic mass is 9.92. The Balaban J connectivity index is 0.000000249. The van der Waals surface area contributed by atoms with Gasteiger partial charge in [-0.25, -0.2) is 22.5 Å². The van der Waals surface area contributed by atoms with Gasteiger partial charge in [-0.1, -0.05) is 40.0 Å². The summed E-state index contributed by atoms with van der Waals surface area (Å²) >= 11 is 6.37. The Kier molecular flexibility index (Phi) is 25.1. The number of furan rings is 1. The van der Waals surface area contributed by atoms with Crippen molar-refractivity contribution >= 4 is 41.1 Å². The van der Waals surface area contributed by atoms with E-state index < -0.39 is 29.1 Å². The minimum absolute atomic E-state index is 0. The van der Waals surface area contributed by atoms with Crippen LogP contribution in [0.25, 0.3) is 22.3 Å². The quantitative estimate of drug-likeness (QED) is 0.161. The third-order valence-corrected chi connectivity index (χ3v) is 14.2. The van der Waals surface area contributed by atoms with Crippen LogP contribution >= 0.6 is 24.0 Å². The average Bonchev–Trinajstić information content (AvgIpc) is 4.22. The number of imidazole rings is 1. The van der Waals surface area contributed by atoms with Crippen molar-refractivity contribution in [2.75, 3.05) is 66.5 Å². The largest absolute Gasteiger partial charge is 0.472 e. The first-order valence-electron chi connectivity index (χ1n) is 25.0. The first-order valence-corrected chi connectivity index (χ1v) is 25.3. The molecule has 0 spiro atoms. The van der Waals surface area contributed by atoms with Crippen molar-refractivity contribution < 1.29 is 39.9 Å². The van der Waals surface area contributed by atoms with Gasteiger partial charge in [0.2, 0.25) is 0 Å². The Bertz CT molecular complexity index is 3030. The van der Waals surface area contributed by atoms with Crippen LogP contribution in [0.3, 0.4) is 0 Å². The third kappa shape index (κ3) is 16.7. The summed E-state index contributed by atoms with van der Waals surface area (Å²) in [6.07, 6.45) is 13.7. The molecule has 7 aromatic heterocycles. The van der Waals surface area contributed by atoms with E-state index in [-0.39, 0.29) is 87.6 Å². The highest BCUT2D eigenvalue weighted by atomic mass is 35.5. The van der Waals surface area contributed by atoms with E-state index in [1.54, 1.807) is 36.8 Å². The van der Waals surface area contributed by atoms with Crippen LogP contribution in [-0.2, 0) is 6.18 Å². The van der Waals surface area contributed by atoms with E-state index in [9.17, 15) is 35.5 Å². The van der Waals surface area contributed by atoms with Gasteiger partial charge in [-0.05, 0) is 151 Å². The molecule has 0 aliphatic carbocycles. The normalized spacial score (nSPS) is 16.4. The number of fused-ring (bicyclic) bond motifs is 1. The second-order valence-corrected chi connectivity index (χ2v) is 19.3. The number of hydrogen-bond donors (Lipinski definition) is 1. The van der Waals surface area contributed by atoms with Crippen molar-refractivity contribution in [2.45, 2.75) is 91.2 Å². The summed E-state index contributed by atoms with van der Waals surface area (Å²) in [4.78, 5) is 39.5. The van der Waals surface area contributed by atoms with Crippen molar-refractivity contribution in [3.8, 4) is 11.1 Å². The van der Waals surface area contributed by atoms with Gasteiger partial charge in [-0.15, -0.1) is 12.4 Å². The summed E-state index contributed by atoms with van der Waals surface area (Å²) in [5, 5.41) is 3.04. The highest BCUT2D eigenvalue weighted by Crippen LogP contribution is 2.38. The topological polar surface area (TPSA) is 121 Å². The van der Waals surface area contributed by atoms with Crippen molar-refractivity contribution in [3.05, 3.63) is 173 Å². The highest BCUT2D eigenvalue weighted by Gasteiger charge is 2.37. The zero-order valence-corrected chi connectivity index (χ0v) is 43.6. The van der Waals surface area contributed by atoms with E-state index in [1.807, 2.05) is 0 Å². The van der Waals surface area contributed by atoms with Crippen LogP contribution in [0.1, 0.15) is 124 Å². The van der Waals surface area contributed by atoms with Crippen LogP contribution < -0.4 is 5.32 Å². The predicted molar refractivity (Wildman–Crippen MR) is 299 cm³/mol.